The SMILES string of the molecule is CC1CCC(=O)C(CO)=C2CC(C)(C)CC21. The Morgan fingerprint density at radius 1 is 1.44 bits per heavy atom. The summed E-state index contributed by atoms with van der Waals surface area (Å²) in [5.41, 5.74) is 2.30. The van der Waals surface area contributed by atoms with Crippen molar-refractivity contribution in [2.24, 2.45) is 17.3 Å². The van der Waals surface area contributed by atoms with E-state index in [1.165, 1.54) is 12.0 Å². The Balaban J connectivity index is 2.43. The number of aliphatic hydroxyl groups is 1. The second-order valence-electron chi connectivity index (χ2n) is 6.25. The summed E-state index contributed by atoms with van der Waals surface area (Å²) < 4.78 is 0. The van der Waals surface area contributed by atoms with E-state index in [0.717, 1.165) is 18.4 Å². The molecule has 0 heterocycles. The van der Waals surface area contributed by atoms with E-state index in [1.54, 1.807) is 0 Å². The number of carbonyl (C=O) groups excluding carboxylic acids is 1. The highest BCUT2D eigenvalue weighted by Gasteiger charge is 2.41. The van der Waals surface area contributed by atoms with Crippen molar-refractivity contribution in [3.63, 3.8) is 0 Å². The van der Waals surface area contributed by atoms with Crippen LogP contribution in [0.3, 0.4) is 0 Å². The zero-order chi connectivity index (χ0) is 11.9. The summed E-state index contributed by atoms with van der Waals surface area (Å²) in [5, 5.41) is 9.41. The lowest BCUT2D eigenvalue weighted by Gasteiger charge is -2.20. The Morgan fingerprint density at radius 3 is 2.75 bits per heavy atom. The normalized spacial score (nSPS) is 33.9. The molecule has 2 heteroatoms. The molecule has 90 valence electrons. The van der Waals surface area contributed by atoms with Crippen LogP contribution < -0.4 is 0 Å². The van der Waals surface area contributed by atoms with Crippen LogP contribution in [0.2, 0.25) is 0 Å². The first-order valence-corrected chi connectivity index (χ1v) is 6.30. The third kappa shape index (κ3) is 1.95. The lowest BCUT2D eigenvalue weighted by atomic mass is 9.84. The quantitative estimate of drug-likeness (QED) is 0.740. The number of ketones is 1. The summed E-state index contributed by atoms with van der Waals surface area (Å²) in [4.78, 5) is 11.9. The van der Waals surface area contributed by atoms with Gasteiger partial charge in [-0.15, -0.1) is 0 Å². The highest BCUT2D eigenvalue weighted by Crippen LogP contribution is 2.51. The summed E-state index contributed by atoms with van der Waals surface area (Å²) in [6, 6.07) is 0. The fourth-order valence-corrected chi connectivity index (χ4v) is 3.39. The fraction of sp³-hybridized carbons (Fsp3) is 0.786. The minimum Gasteiger partial charge on any atom is -0.392 e. The molecule has 2 nitrogen and oxygen atoms in total. The van der Waals surface area contributed by atoms with E-state index in [-0.39, 0.29) is 12.4 Å². The standard InChI is InChI=1S/C14H22O2/c1-9-4-5-13(16)12(8-15)11-7-14(2,3)6-10(9)11/h9-10,15H,4-8H2,1-3H3. The lowest BCUT2D eigenvalue weighted by molar-refractivity contribution is -0.116. The number of allylic oxidation sites excluding steroid dienone is 1. The summed E-state index contributed by atoms with van der Waals surface area (Å²) in [6.45, 7) is 6.72. The lowest BCUT2D eigenvalue weighted by Crippen LogP contribution is -2.11. The molecule has 1 N–H and O–H groups in total. The molecule has 0 saturated heterocycles. The van der Waals surface area contributed by atoms with Gasteiger partial charge in [0, 0.05) is 12.0 Å². The van der Waals surface area contributed by atoms with Gasteiger partial charge in [0.25, 0.3) is 0 Å². The molecule has 0 amide bonds. The predicted octanol–water partition coefficient (Wildman–Crippen LogP) is 2.71. The Morgan fingerprint density at radius 2 is 2.12 bits per heavy atom. The molecule has 2 atom stereocenters. The molecule has 0 radical (unpaired) electrons. The van der Waals surface area contributed by atoms with Crippen molar-refractivity contribution >= 4 is 5.78 Å². The van der Waals surface area contributed by atoms with Gasteiger partial charge in [0.05, 0.1) is 6.61 Å². The van der Waals surface area contributed by atoms with Crippen molar-refractivity contribution in [3.05, 3.63) is 11.1 Å². The predicted molar refractivity (Wildman–Crippen MR) is 64.0 cm³/mol. The molecule has 0 aliphatic heterocycles. The van der Waals surface area contributed by atoms with Crippen molar-refractivity contribution in [2.45, 2.75) is 46.5 Å². The van der Waals surface area contributed by atoms with Crippen LogP contribution in [-0.4, -0.2) is 17.5 Å². The van der Waals surface area contributed by atoms with E-state index in [1.807, 2.05) is 0 Å². The minimum absolute atomic E-state index is 0.0620. The molecular weight excluding hydrogens is 200 g/mol. The number of rotatable bonds is 1. The number of carbonyl (C=O) groups is 1. The Labute approximate surface area is 97.7 Å². The van der Waals surface area contributed by atoms with E-state index in [2.05, 4.69) is 20.8 Å². The van der Waals surface area contributed by atoms with Gasteiger partial charge in [0.15, 0.2) is 5.78 Å². The zero-order valence-corrected chi connectivity index (χ0v) is 10.5. The van der Waals surface area contributed by atoms with Crippen LogP contribution in [-0.2, 0) is 4.79 Å². The second kappa shape index (κ2) is 3.99. The van der Waals surface area contributed by atoms with Gasteiger partial charge < -0.3 is 5.11 Å². The second-order valence-corrected chi connectivity index (χ2v) is 6.25. The number of hydrogen-bond acceptors (Lipinski definition) is 2. The maximum absolute atomic E-state index is 11.9. The molecule has 16 heavy (non-hydrogen) atoms. The van der Waals surface area contributed by atoms with Crippen LogP contribution in [0.4, 0.5) is 0 Å². The van der Waals surface area contributed by atoms with Gasteiger partial charge in [-0.05, 0) is 36.5 Å². The average molecular weight is 222 g/mol. The highest BCUT2D eigenvalue weighted by atomic mass is 16.3. The van der Waals surface area contributed by atoms with Gasteiger partial charge in [-0.3, -0.25) is 4.79 Å². The summed E-state index contributed by atoms with van der Waals surface area (Å²) in [5.74, 6) is 1.30. The first-order valence-electron chi connectivity index (χ1n) is 6.30. The van der Waals surface area contributed by atoms with Crippen molar-refractivity contribution in [3.8, 4) is 0 Å². The van der Waals surface area contributed by atoms with Crippen LogP contribution in [0.25, 0.3) is 0 Å². The summed E-state index contributed by atoms with van der Waals surface area (Å²) in [6.07, 6.45) is 3.76. The minimum atomic E-state index is -0.0620. The Kier molecular flexibility index (Phi) is 2.95. The van der Waals surface area contributed by atoms with Crippen LogP contribution in [0, 0.1) is 17.3 Å². The largest absolute Gasteiger partial charge is 0.392 e. The Hall–Kier alpha value is -0.630. The third-order valence-electron chi connectivity index (χ3n) is 4.29. The number of Topliss-reactive ketones (excluding diaryl/α,β-unsaturated/α-hetero) is 1. The van der Waals surface area contributed by atoms with Gasteiger partial charge in [0.1, 0.15) is 0 Å². The number of hydrogen-bond donors (Lipinski definition) is 1. The molecule has 1 fully saturated rings. The molecule has 0 aromatic rings. The molecule has 2 rings (SSSR count). The van der Waals surface area contributed by atoms with Gasteiger partial charge in [-0.1, -0.05) is 26.3 Å². The monoisotopic (exact) mass is 222 g/mol. The zero-order valence-electron chi connectivity index (χ0n) is 10.5. The first kappa shape index (κ1) is 11.8. The van der Waals surface area contributed by atoms with E-state index in [9.17, 15) is 9.90 Å². The molecule has 0 bridgehead atoms. The maximum atomic E-state index is 11.9. The highest BCUT2D eigenvalue weighted by molar-refractivity contribution is 5.96. The Bertz CT molecular complexity index is 339. The molecular formula is C14H22O2. The first-order chi connectivity index (χ1) is 7.44. The van der Waals surface area contributed by atoms with Crippen molar-refractivity contribution in [1.82, 2.24) is 0 Å². The molecule has 0 aromatic heterocycles. The molecule has 1 saturated carbocycles. The number of aliphatic hydroxyl groups excluding tert-OH is 1. The summed E-state index contributed by atoms with van der Waals surface area (Å²) in [7, 11) is 0. The molecule has 0 spiro atoms. The molecule has 2 unspecified atom stereocenters. The van der Waals surface area contributed by atoms with Gasteiger partial charge >= 0.3 is 0 Å². The number of fused-ring (bicyclic) bond motifs is 1. The van der Waals surface area contributed by atoms with Gasteiger partial charge in [-0.25, -0.2) is 0 Å². The third-order valence-corrected chi connectivity index (χ3v) is 4.29. The maximum Gasteiger partial charge on any atom is 0.161 e. The van der Waals surface area contributed by atoms with Gasteiger partial charge in [-0.2, -0.15) is 0 Å². The van der Waals surface area contributed by atoms with Crippen LogP contribution in [0.1, 0.15) is 46.5 Å². The van der Waals surface area contributed by atoms with Crippen LogP contribution in [0.5, 0.6) is 0 Å². The topological polar surface area (TPSA) is 37.3 Å². The van der Waals surface area contributed by atoms with Gasteiger partial charge in [0.2, 0.25) is 0 Å². The van der Waals surface area contributed by atoms with Crippen molar-refractivity contribution < 1.29 is 9.90 Å². The molecule has 2 aliphatic carbocycles. The van der Waals surface area contributed by atoms with E-state index in [4.69, 9.17) is 0 Å². The van der Waals surface area contributed by atoms with E-state index < -0.39 is 0 Å². The van der Waals surface area contributed by atoms with Crippen LogP contribution in [0.15, 0.2) is 11.1 Å². The van der Waals surface area contributed by atoms with Crippen molar-refractivity contribution in [1.29, 1.82) is 0 Å². The van der Waals surface area contributed by atoms with E-state index >= 15 is 0 Å². The average Bonchev–Trinajstić information content (AvgIpc) is 2.47. The fourth-order valence-electron chi connectivity index (χ4n) is 3.39. The van der Waals surface area contributed by atoms with Crippen LogP contribution >= 0.6 is 0 Å². The molecule has 0 aromatic carbocycles. The van der Waals surface area contributed by atoms with E-state index in [0.29, 0.717) is 23.7 Å². The smallest absolute Gasteiger partial charge is 0.161 e. The van der Waals surface area contributed by atoms with Crippen molar-refractivity contribution in [2.75, 3.05) is 6.61 Å². The molecule has 2 aliphatic rings. The summed E-state index contributed by atoms with van der Waals surface area (Å²) >= 11 is 0.